The lowest BCUT2D eigenvalue weighted by Gasteiger charge is -2.11. The van der Waals surface area contributed by atoms with Crippen LogP contribution in [0.3, 0.4) is 0 Å². The topological polar surface area (TPSA) is 59.3 Å². The molecule has 1 fully saturated rings. The molecule has 5 nitrogen and oxygen atoms in total. The van der Waals surface area contributed by atoms with Crippen LogP contribution in [0.1, 0.15) is 12.8 Å². The first-order valence-electron chi connectivity index (χ1n) is 4.64. The second-order valence-corrected chi connectivity index (χ2v) is 3.31. The number of hydrogen-bond donors (Lipinski definition) is 0. The molecule has 0 amide bonds. The molecule has 0 bridgehead atoms. The van der Waals surface area contributed by atoms with E-state index in [0.717, 1.165) is 31.7 Å². The van der Waals surface area contributed by atoms with Crippen molar-refractivity contribution >= 4 is 11.6 Å². The largest absolute Gasteiger partial charge is 0.365 e. The van der Waals surface area contributed by atoms with Crippen LogP contribution in [0.4, 0.5) is 11.6 Å². The molecule has 1 aliphatic heterocycles. The van der Waals surface area contributed by atoms with Crippen molar-refractivity contribution in [2.24, 2.45) is 0 Å². The summed E-state index contributed by atoms with van der Waals surface area (Å²) in [4.78, 5) is 16.1. The van der Waals surface area contributed by atoms with Crippen LogP contribution in [0.25, 0.3) is 0 Å². The minimum Gasteiger partial charge on any atom is -0.358 e. The maximum Gasteiger partial charge on any atom is 0.365 e. The predicted molar refractivity (Wildman–Crippen MR) is 52.3 cm³/mol. The molecule has 0 N–H and O–H groups in total. The third-order valence-electron chi connectivity index (χ3n) is 2.34. The summed E-state index contributed by atoms with van der Waals surface area (Å²) in [7, 11) is 0. The zero-order chi connectivity index (χ0) is 9.97. The van der Waals surface area contributed by atoms with Crippen molar-refractivity contribution in [2.45, 2.75) is 12.8 Å². The number of hydrogen-bond acceptors (Lipinski definition) is 4. The van der Waals surface area contributed by atoms with E-state index in [0.29, 0.717) is 0 Å². The summed E-state index contributed by atoms with van der Waals surface area (Å²) >= 11 is 0. The van der Waals surface area contributed by atoms with E-state index < -0.39 is 4.92 Å². The standard InChI is InChI=1S/C9H11N3O2/c13-12(14)9-5-3-4-8(10-9)11-6-1-2-7-11/h3-5H,1-2,6-7H2. The van der Waals surface area contributed by atoms with Gasteiger partial charge in [0.25, 0.3) is 0 Å². The van der Waals surface area contributed by atoms with Gasteiger partial charge < -0.3 is 15.0 Å². The van der Waals surface area contributed by atoms with Gasteiger partial charge in [0.15, 0.2) is 0 Å². The number of rotatable bonds is 2. The summed E-state index contributed by atoms with van der Waals surface area (Å²) in [5.74, 6) is 0.645. The van der Waals surface area contributed by atoms with Crippen LogP contribution in [-0.2, 0) is 0 Å². The highest BCUT2D eigenvalue weighted by Gasteiger charge is 2.18. The lowest BCUT2D eigenvalue weighted by atomic mass is 10.4. The van der Waals surface area contributed by atoms with Crippen molar-refractivity contribution in [3.63, 3.8) is 0 Å². The Labute approximate surface area is 81.5 Å². The Balaban J connectivity index is 2.25. The van der Waals surface area contributed by atoms with Gasteiger partial charge in [0.1, 0.15) is 0 Å². The van der Waals surface area contributed by atoms with Crippen LogP contribution in [-0.4, -0.2) is 23.0 Å². The first kappa shape index (κ1) is 8.93. The van der Waals surface area contributed by atoms with Gasteiger partial charge in [-0.15, -0.1) is 0 Å². The summed E-state index contributed by atoms with van der Waals surface area (Å²) in [6, 6.07) is 4.91. The number of pyridine rings is 1. The second kappa shape index (κ2) is 3.61. The van der Waals surface area contributed by atoms with Gasteiger partial charge in [0.2, 0.25) is 5.82 Å². The molecule has 0 radical (unpaired) electrons. The van der Waals surface area contributed by atoms with Gasteiger partial charge in [-0.3, -0.25) is 0 Å². The molecule has 0 aromatic carbocycles. The monoisotopic (exact) mass is 193 g/mol. The van der Waals surface area contributed by atoms with Crippen LogP contribution < -0.4 is 4.90 Å². The molecule has 2 rings (SSSR count). The fourth-order valence-electron chi connectivity index (χ4n) is 1.64. The third kappa shape index (κ3) is 1.66. The minimum absolute atomic E-state index is 0.0746. The van der Waals surface area contributed by atoms with E-state index in [1.165, 1.54) is 6.07 Å². The number of nitrogens with zero attached hydrogens (tertiary/aromatic N) is 3. The van der Waals surface area contributed by atoms with E-state index in [4.69, 9.17) is 0 Å². The van der Waals surface area contributed by atoms with E-state index in [9.17, 15) is 10.1 Å². The molecular weight excluding hydrogens is 182 g/mol. The van der Waals surface area contributed by atoms with Crippen LogP contribution in [0, 0.1) is 10.1 Å². The molecule has 0 aliphatic carbocycles. The molecule has 2 heterocycles. The fourth-order valence-corrected chi connectivity index (χ4v) is 1.64. The van der Waals surface area contributed by atoms with Crippen molar-refractivity contribution in [3.05, 3.63) is 28.3 Å². The highest BCUT2D eigenvalue weighted by atomic mass is 16.6. The molecule has 1 aromatic heterocycles. The molecule has 1 saturated heterocycles. The predicted octanol–water partition coefficient (Wildman–Crippen LogP) is 1.59. The number of nitro groups is 1. The third-order valence-corrected chi connectivity index (χ3v) is 2.34. The molecule has 0 spiro atoms. The highest BCUT2D eigenvalue weighted by molar-refractivity contribution is 5.43. The number of anilines is 1. The van der Waals surface area contributed by atoms with Gasteiger partial charge >= 0.3 is 5.82 Å². The molecule has 14 heavy (non-hydrogen) atoms. The van der Waals surface area contributed by atoms with Crippen LogP contribution in [0.5, 0.6) is 0 Å². The molecule has 0 saturated carbocycles. The van der Waals surface area contributed by atoms with E-state index in [-0.39, 0.29) is 5.82 Å². The van der Waals surface area contributed by atoms with Crippen molar-refractivity contribution in [1.29, 1.82) is 0 Å². The molecule has 1 aromatic rings. The smallest absolute Gasteiger partial charge is 0.358 e. The zero-order valence-corrected chi connectivity index (χ0v) is 7.72. The Bertz CT molecular complexity index is 348. The zero-order valence-electron chi connectivity index (χ0n) is 7.72. The fraction of sp³-hybridized carbons (Fsp3) is 0.444. The SMILES string of the molecule is O=[N+]([O-])c1cccc(N2CCCC2)n1. The van der Waals surface area contributed by atoms with Crippen LogP contribution in [0.2, 0.25) is 0 Å². The second-order valence-electron chi connectivity index (χ2n) is 3.31. The Hall–Kier alpha value is -1.65. The molecule has 0 unspecified atom stereocenters. The van der Waals surface area contributed by atoms with Gasteiger partial charge in [-0.1, -0.05) is 0 Å². The normalized spacial score (nSPS) is 15.9. The summed E-state index contributed by atoms with van der Waals surface area (Å²) in [6.45, 7) is 1.91. The van der Waals surface area contributed by atoms with E-state index in [2.05, 4.69) is 9.88 Å². The van der Waals surface area contributed by atoms with Gasteiger partial charge in [0.05, 0.1) is 0 Å². The summed E-state index contributed by atoms with van der Waals surface area (Å²) in [5.41, 5.74) is 0. The maximum atomic E-state index is 10.5. The average Bonchev–Trinajstić information content (AvgIpc) is 2.71. The molecular formula is C9H11N3O2. The van der Waals surface area contributed by atoms with E-state index >= 15 is 0 Å². The van der Waals surface area contributed by atoms with E-state index in [1.807, 2.05) is 6.07 Å². The summed E-state index contributed by atoms with van der Waals surface area (Å²) < 4.78 is 0. The molecule has 74 valence electrons. The summed E-state index contributed by atoms with van der Waals surface area (Å²) in [6.07, 6.45) is 2.29. The highest BCUT2D eigenvalue weighted by Crippen LogP contribution is 2.19. The maximum absolute atomic E-state index is 10.5. The molecule has 5 heteroatoms. The minimum atomic E-state index is -0.459. The number of aromatic nitrogens is 1. The Morgan fingerprint density at radius 3 is 2.71 bits per heavy atom. The van der Waals surface area contributed by atoms with Gasteiger partial charge in [0, 0.05) is 25.2 Å². The van der Waals surface area contributed by atoms with Gasteiger partial charge in [-0.05, 0) is 28.8 Å². The van der Waals surface area contributed by atoms with Crippen molar-refractivity contribution in [2.75, 3.05) is 18.0 Å². The van der Waals surface area contributed by atoms with Crippen molar-refractivity contribution in [3.8, 4) is 0 Å². The van der Waals surface area contributed by atoms with E-state index in [1.54, 1.807) is 6.07 Å². The first-order chi connectivity index (χ1) is 6.77. The lowest BCUT2D eigenvalue weighted by molar-refractivity contribution is -0.389. The Morgan fingerprint density at radius 1 is 1.36 bits per heavy atom. The molecule has 1 aliphatic rings. The summed E-state index contributed by atoms with van der Waals surface area (Å²) in [5, 5.41) is 10.5. The van der Waals surface area contributed by atoms with Gasteiger partial charge in [-0.25, -0.2) is 0 Å². The quantitative estimate of drug-likeness (QED) is 0.528. The Morgan fingerprint density at radius 2 is 2.07 bits per heavy atom. The Kier molecular flexibility index (Phi) is 2.30. The average molecular weight is 193 g/mol. The van der Waals surface area contributed by atoms with Crippen LogP contribution >= 0.6 is 0 Å². The van der Waals surface area contributed by atoms with Gasteiger partial charge in [-0.2, -0.15) is 0 Å². The first-order valence-corrected chi connectivity index (χ1v) is 4.64. The van der Waals surface area contributed by atoms with Crippen molar-refractivity contribution < 1.29 is 4.92 Å². The molecule has 0 atom stereocenters. The van der Waals surface area contributed by atoms with Crippen LogP contribution in [0.15, 0.2) is 18.2 Å². The lowest BCUT2D eigenvalue weighted by Crippen LogP contribution is -2.19. The van der Waals surface area contributed by atoms with Crippen molar-refractivity contribution in [1.82, 2.24) is 4.98 Å².